The molecule has 0 saturated heterocycles. The average molecular weight is 285 g/mol. The van der Waals surface area contributed by atoms with Gasteiger partial charge in [0.25, 0.3) is 0 Å². The quantitative estimate of drug-likeness (QED) is 0.281. The summed E-state index contributed by atoms with van der Waals surface area (Å²) in [4.78, 5) is 3.99. The van der Waals surface area contributed by atoms with E-state index in [1.54, 1.807) is 12.4 Å². The normalized spacial score (nSPS) is 11.4. The van der Waals surface area contributed by atoms with Crippen LogP contribution in [0.15, 0.2) is 47.9 Å². The molecule has 0 aliphatic carbocycles. The number of aryl methyl sites for hydroxylation is 2. The Morgan fingerprint density at radius 2 is 2.05 bits per heavy atom. The van der Waals surface area contributed by atoms with Crippen LogP contribution >= 0.6 is 0 Å². The first-order valence-electron chi connectivity index (χ1n) is 6.81. The standard InChI is InChI=1S/C16H19N3O2/c1-12-4-5-15(14(11-12)16(17)19-20)21-10-2-3-13-6-8-18-9-7-13/h4-9,11,20H,2-3,10H2,1H3,(H2,17,19). The summed E-state index contributed by atoms with van der Waals surface area (Å²) in [6.45, 7) is 2.51. The molecule has 0 bridgehead atoms. The number of ether oxygens (including phenoxy) is 1. The lowest BCUT2D eigenvalue weighted by molar-refractivity contribution is 0.307. The molecule has 0 aliphatic rings. The molecule has 0 fully saturated rings. The highest BCUT2D eigenvalue weighted by atomic mass is 16.5. The summed E-state index contributed by atoms with van der Waals surface area (Å²) >= 11 is 0. The highest BCUT2D eigenvalue weighted by Gasteiger charge is 2.08. The second-order valence-corrected chi connectivity index (χ2v) is 4.79. The van der Waals surface area contributed by atoms with Gasteiger partial charge in [0.15, 0.2) is 5.84 Å². The van der Waals surface area contributed by atoms with Crippen molar-refractivity contribution in [2.75, 3.05) is 6.61 Å². The van der Waals surface area contributed by atoms with Crippen molar-refractivity contribution in [1.29, 1.82) is 0 Å². The molecule has 21 heavy (non-hydrogen) atoms. The van der Waals surface area contributed by atoms with E-state index in [1.165, 1.54) is 5.56 Å². The summed E-state index contributed by atoms with van der Waals surface area (Å²) in [5.41, 5.74) is 8.54. The van der Waals surface area contributed by atoms with Crippen molar-refractivity contribution in [1.82, 2.24) is 4.98 Å². The molecule has 0 amide bonds. The van der Waals surface area contributed by atoms with Gasteiger partial charge in [0.05, 0.1) is 12.2 Å². The van der Waals surface area contributed by atoms with E-state index < -0.39 is 0 Å². The number of oxime groups is 1. The van der Waals surface area contributed by atoms with Gasteiger partial charge in [-0.25, -0.2) is 0 Å². The third-order valence-corrected chi connectivity index (χ3v) is 3.14. The number of rotatable bonds is 6. The summed E-state index contributed by atoms with van der Waals surface area (Å²) < 4.78 is 5.75. The molecule has 1 aromatic heterocycles. The lowest BCUT2D eigenvalue weighted by Gasteiger charge is -2.11. The van der Waals surface area contributed by atoms with Gasteiger partial charge in [-0.15, -0.1) is 0 Å². The maximum atomic E-state index is 8.83. The largest absolute Gasteiger partial charge is 0.493 e. The van der Waals surface area contributed by atoms with Crippen molar-refractivity contribution < 1.29 is 9.94 Å². The van der Waals surface area contributed by atoms with Crippen LogP contribution in [-0.4, -0.2) is 22.6 Å². The molecule has 5 heteroatoms. The Hall–Kier alpha value is -2.56. The Morgan fingerprint density at radius 3 is 2.76 bits per heavy atom. The molecule has 3 N–H and O–H groups in total. The van der Waals surface area contributed by atoms with E-state index in [1.807, 2.05) is 37.3 Å². The predicted octanol–water partition coefficient (Wildman–Crippen LogP) is 2.50. The molecule has 1 heterocycles. The minimum absolute atomic E-state index is 0.0582. The van der Waals surface area contributed by atoms with Gasteiger partial charge in [0.1, 0.15) is 5.75 Å². The fourth-order valence-electron chi connectivity index (χ4n) is 2.03. The number of amidine groups is 1. The van der Waals surface area contributed by atoms with Gasteiger partial charge in [0.2, 0.25) is 0 Å². The zero-order valence-corrected chi connectivity index (χ0v) is 12.0. The Balaban J connectivity index is 1.94. The number of hydrogen-bond acceptors (Lipinski definition) is 4. The van der Waals surface area contributed by atoms with Crippen LogP contribution in [-0.2, 0) is 6.42 Å². The fraction of sp³-hybridized carbons (Fsp3) is 0.250. The van der Waals surface area contributed by atoms with Crippen molar-refractivity contribution >= 4 is 5.84 Å². The molecule has 5 nitrogen and oxygen atoms in total. The smallest absolute Gasteiger partial charge is 0.173 e. The number of pyridine rings is 1. The molecule has 1 aromatic carbocycles. The van der Waals surface area contributed by atoms with Gasteiger partial charge in [-0.2, -0.15) is 0 Å². The molecule has 110 valence electrons. The predicted molar refractivity (Wildman–Crippen MR) is 81.7 cm³/mol. The molecule has 2 rings (SSSR count). The highest BCUT2D eigenvalue weighted by molar-refractivity contribution is 5.99. The van der Waals surface area contributed by atoms with Crippen molar-refractivity contribution in [3.05, 3.63) is 59.4 Å². The topological polar surface area (TPSA) is 80.7 Å². The van der Waals surface area contributed by atoms with Gasteiger partial charge in [-0.1, -0.05) is 16.8 Å². The molecular formula is C16H19N3O2. The zero-order valence-electron chi connectivity index (χ0n) is 12.0. The summed E-state index contributed by atoms with van der Waals surface area (Å²) in [5.74, 6) is 0.688. The van der Waals surface area contributed by atoms with Crippen LogP contribution in [0.3, 0.4) is 0 Å². The van der Waals surface area contributed by atoms with Crippen molar-refractivity contribution in [3.63, 3.8) is 0 Å². The minimum atomic E-state index is 0.0582. The Kier molecular flexibility index (Phi) is 5.15. The molecular weight excluding hydrogens is 266 g/mol. The third kappa shape index (κ3) is 4.21. The van der Waals surface area contributed by atoms with Gasteiger partial charge < -0.3 is 15.7 Å². The molecule has 0 saturated carbocycles. The fourth-order valence-corrected chi connectivity index (χ4v) is 2.03. The number of nitrogens with zero attached hydrogens (tertiary/aromatic N) is 2. The van der Waals surface area contributed by atoms with E-state index in [0.717, 1.165) is 18.4 Å². The molecule has 0 spiro atoms. The van der Waals surface area contributed by atoms with Gasteiger partial charge in [0, 0.05) is 12.4 Å². The summed E-state index contributed by atoms with van der Waals surface area (Å²) in [6, 6.07) is 9.61. The van der Waals surface area contributed by atoms with Gasteiger partial charge in [-0.3, -0.25) is 4.98 Å². The number of aromatic nitrogens is 1. The highest BCUT2D eigenvalue weighted by Crippen LogP contribution is 2.20. The number of hydrogen-bond donors (Lipinski definition) is 2. The Bertz CT molecular complexity index is 612. The summed E-state index contributed by atoms with van der Waals surface area (Å²) in [6.07, 6.45) is 5.38. The van der Waals surface area contributed by atoms with Crippen molar-refractivity contribution in [2.45, 2.75) is 19.8 Å². The lowest BCUT2D eigenvalue weighted by atomic mass is 10.1. The van der Waals surface area contributed by atoms with E-state index in [4.69, 9.17) is 15.7 Å². The van der Waals surface area contributed by atoms with Gasteiger partial charge >= 0.3 is 0 Å². The first kappa shape index (κ1) is 14.8. The first-order valence-corrected chi connectivity index (χ1v) is 6.81. The molecule has 2 aromatic rings. The van der Waals surface area contributed by atoms with Crippen molar-refractivity contribution in [3.8, 4) is 5.75 Å². The van der Waals surface area contributed by atoms with Crippen LogP contribution < -0.4 is 10.5 Å². The second-order valence-electron chi connectivity index (χ2n) is 4.79. The Labute approximate surface area is 124 Å². The summed E-state index contributed by atoms with van der Waals surface area (Å²) in [5, 5.41) is 11.9. The Morgan fingerprint density at radius 1 is 1.29 bits per heavy atom. The average Bonchev–Trinajstić information content (AvgIpc) is 2.53. The molecule has 0 aliphatic heterocycles. The second kappa shape index (κ2) is 7.28. The van der Waals surface area contributed by atoms with Crippen LogP contribution in [0.5, 0.6) is 5.75 Å². The van der Waals surface area contributed by atoms with Gasteiger partial charge in [-0.05, 0) is 49.6 Å². The lowest BCUT2D eigenvalue weighted by Crippen LogP contribution is -2.15. The first-order chi connectivity index (χ1) is 10.2. The van der Waals surface area contributed by atoms with Crippen LogP contribution in [0.2, 0.25) is 0 Å². The van der Waals surface area contributed by atoms with Crippen LogP contribution in [0.4, 0.5) is 0 Å². The van der Waals surface area contributed by atoms with Crippen LogP contribution in [0.25, 0.3) is 0 Å². The molecule has 0 atom stereocenters. The molecule has 0 unspecified atom stereocenters. The van der Waals surface area contributed by atoms with E-state index in [9.17, 15) is 0 Å². The molecule has 0 radical (unpaired) electrons. The van der Waals surface area contributed by atoms with E-state index >= 15 is 0 Å². The minimum Gasteiger partial charge on any atom is -0.493 e. The van der Waals surface area contributed by atoms with Crippen molar-refractivity contribution in [2.24, 2.45) is 10.9 Å². The zero-order chi connectivity index (χ0) is 15.1. The van der Waals surface area contributed by atoms with E-state index in [0.29, 0.717) is 17.9 Å². The van der Waals surface area contributed by atoms with Crippen LogP contribution in [0, 0.1) is 6.92 Å². The summed E-state index contributed by atoms with van der Waals surface area (Å²) in [7, 11) is 0. The monoisotopic (exact) mass is 285 g/mol. The maximum Gasteiger partial charge on any atom is 0.173 e. The van der Waals surface area contributed by atoms with Crippen LogP contribution in [0.1, 0.15) is 23.1 Å². The third-order valence-electron chi connectivity index (χ3n) is 3.14. The van der Waals surface area contributed by atoms with E-state index in [-0.39, 0.29) is 5.84 Å². The SMILES string of the molecule is Cc1ccc(OCCCc2ccncc2)c(/C(N)=N/O)c1. The van der Waals surface area contributed by atoms with E-state index in [2.05, 4.69) is 10.1 Å². The number of benzene rings is 1. The maximum absolute atomic E-state index is 8.83. The number of nitrogens with two attached hydrogens (primary N) is 1.